The summed E-state index contributed by atoms with van der Waals surface area (Å²) in [7, 11) is 3.07. The Hall–Kier alpha value is -2.00. The van der Waals surface area contributed by atoms with E-state index in [4.69, 9.17) is 9.47 Å². The van der Waals surface area contributed by atoms with Crippen molar-refractivity contribution in [3.63, 3.8) is 0 Å². The van der Waals surface area contributed by atoms with E-state index in [1.807, 2.05) is 25.1 Å². The van der Waals surface area contributed by atoms with Crippen molar-refractivity contribution in [2.24, 2.45) is 10.9 Å². The second kappa shape index (κ2) is 11.3. The summed E-state index contributed by atoms with van der Waals surface area (Å²) in [6.07, 6.45) is -3.18. The minimum Gasteiger partial charge on any atom is -0.493 e. The molecular weight excluding hydrogens is 385 g/mol. The number of alkyl halides is 3. The SMILES string of the molecule is CN=C(NCCN(C)CC(F)(F)F)NCc1ccc(C)cc1OCC1CCOC1. The molecule has 1 atom stereocenters. The molecule has 1 heterocycles. The molecule has 0 aromatic heterocycles. The first-order chi connectivity index (χ1) is 13.8. The van der Waals surface area contributed by atoms with E-state index in [1.54, 1.807) is 7.05 Å². The van der Waals surface area contributed by atoms with Crippen molar-refractivity contribution in [3.05, 3.63) is 29.3 Å². The number of guanidine groups is 1. The number of nitrogens with zero attached hydrogens (tertiary/aromatic N) is 2. The summed E-state index contributed by atoms with van der Waals surface area (Å²) < 4.78 is 48.6. The highest BCUT2D eigenvalue weighted by atomic mass is 19.4. The standard InChI is InChI=1S/C20H31F3N4O2/c1-15-4-5-17(18(10-15)29-13-16-6-9-28-12-16)11-26-19(24-2)25-7-8-27(3)14-20(21,22)23/h4-5,10,16H,6-9,11-14H2,1-3H3,(H2,24,25,26). The highest BCUT2D eigenvalue weighted by Gasteiger charge is 2.28. The molecule has 1 unspecified atom stereocenters. The van der Waals surface area contributed by atoms with E-state index in [1.165, 1.54) is 11.9 Å². The van der Waals surface area contributed by atoms with Crippen LogP contribution in [0.2, 0.25) is 0 Å². The molecule has 2 N–H and O–H groups in total. The summed E-state index contributed by atoms with van der Waals surface area (Å²) in [6, 6.07) is 6.03. The third-order valence-corrected chi connectivity index (χ3v) is 4.63. The van der Waals surface area contributed by atoms with Gasteiger partial charge in [0.15, 0.2) is 5.96 Å². The zero-order chi connectivity index (χ0) is 21.3. The Morgan fingerprint density at radius 1 is 1.34 bits per heavy atom. The topological polar surface area (TPSA) is 58.1 Å². The second-order valence-electron chi connectivity index (χ2n) is 7.36. The van der Waals surface area contributed by atoms with Gasteiger partial charge < -0.3 is 20.1 Å². The smallest absolute Gasteiger partial charge is 0.401 e. The monoisotopic (exact) mass is 416 g/mol. The fourth-order valence-corrected chi connectivity index (χ4v) is 3.01. The number of nitrogens with one attached hydrogen (secondary N) is 2. The average Bonchev–Trinajstić information content (AvgIpc) is 3.16. The third kappa shape index (κ3) is 8.91. The highest BCUT2D eigenvalue weighted by molar-refractivity contribution is 5.79. The Kier molecular flexibility index (Phi) is 9.03. The summed E-state index contributed by atoms with van der Waals surface area (Å²) in [5.74, 6) is 1.77. The van der Waals surface area contributed by atoms with Gasteiger partial charge >= 0.3 is 6.18 Å². The zero-order valence-corrected chi connectivity index (χ0v) is 17.3. The normalized spacial score (nSPS) is 17.6. The first kappa shape index (κ1) is 23.3. The van der Waals surface area contributed by atoms with Gasteiger partial charge in [-0.25, -0.2) is 0 Å². The number of halogens is 3. The van der Waals surface area contributed by atoms with Crippen LogP contribution in [0.5, 0.6) is 5.75 Å². The molecule has 1 aromatic rings. The molecule has 1 fully saturated rings. The Bertz CT molecular complexity index is 662. The fourth-order valence-electron chi connectivity index (χ4n) is 3.01. The lowest BCUT2D eigenvalue weighted by molar-refractivity contribution is -0.142. The van der Waals surface area contributed by atoms with Gasteiger partial charge in [-0.15, -0.1) is 0 Å². The van der Waals surface area contributed by atoms with Gasteiger partial charge in [0.2, 0.25) is 0 Å². The number of ether oxygens (including phenoxy) is 2. The van der Waals surface area contributed by atoms with Crippen LogP contribution in [0.4, 0.5) is 13.2 Å². The Morgan fingerprint density at radius 2 is 2.14 bits per heavy atom. The minimum absolute atomic E-state index is 0.253. The zero-order valence-electron chi connectivity index (χ0n) is 17.3. The molecule has 9 heteroatoms. The summed E-state index contributed by atoms with van der Waals surface area (Å²) in [4.78, 5) is 5.35. The van der Waals surface area contributed by atoms with Crippen LogP contribution in [0.25, 0.3) is 0 Å². The summed E-state index contributed by atoms with van der Waals surface area (Å²) in [5.41, 5.74) is 2.10. The lowest BCUT2D eigenvalue weighted by Crippen LogP contribution is -2.42. The van der Waals surface area contributed by atoms with Crippen molar-refractivity contribution in [3.8, 4) is 5.75 Å². The molecule has 0 amide bonds. The summed E-state index contributed by atoms with van der Waals surface area (Å²) in [5, 5.41) is 6.23. The van der Waals surface area contributed by atoms with Crippen LogP contribution in [0.15, 0.2) is 23.2 Å². The maximum absolute atomic E-state index is 12.4. The van der Waals surface area contributed by atoms with E-state index in [0.29, 0.717) is 31.6 Å². The van der Waals surface area contributed by atoms with Crippen LogP contribution in [0.3, 0.4) is 0 Å². The summed E-state index contributed by atoms with van der Waals surface area (Å²) >= 11 is 0. The van der Waals surface area contributed by atoms with Crippen molar-refractivity contribution >= 4 is 5.96 Å². The van der Waals surface area contributed by atoms with Crippen LogP contribution in [0.1, 0.15) is 17.5 Å². The quantitative estimate of drug-likeness (QED) is 0.479. The molecule has 0 bridgehead atoms. The number of hydrogen-bond acceptors (Lipinski definition) is 4. The highest BCUT2D eigenvalue weighted by Crippen LogP contribution is 2.22. The molecule has 1 saturated heterocycles. The van der Waals surface area contributed by atoms with Crippen LogP contribution in [0, 0.1) is 12.8 Å². The number of benzene rings is 1. The third-order valence-electron chi connectivity index (χ3n) is 4.63. The molecule has 164 valence electrons. The van der Waals surface area contributed by atoms with Crippen molar-refractivity contribution in [1.82, 2.24) is 15.5 Å². The first-order valence-electron chi connectivity index (χ1n) is 9.76. The van der Waals surface area contributed by atoms with Crippen LogP contribution < -0.4 is 15.4 Å². The molecule has 1 aliphatic rings. The van der Waals surface area contributed by atoms with Crippen molar-refractivity contribution in [1.29, 1.82) is 0 Å². The van der Waals surface area contributed by atoms with Crippen LogP contribution in [-0.2, 0) is 11.3 Å². The number of aryl methyl sites for hydroxylation is 1. The van der Waals surface area contributed by atoms with Gasteiger partial charge in [-0.3, -0.25) is 9.89 Å². The molecule has 0 aliphatic carbocycles. The maximum Gasteiger partial charge on any atom is 0.401 e. The molecule has 0 saturated carbocycles. The number of aliphatic imine (C=N–C) groups is 1. The molecule has 6 nitrogen and oxygen atoms in total. The molecule has 2 rings (SSSR count). The average molecular weight is 416 g/mol. The van der Waals surface area contributed by atoms with E-state index in [2.05, 4.69) is 15.6 Å². The van der Waals surface area contributed by atoms with E-state index in [9.17, 15) is 13.2 Å². The van der Waals surface area contributed by atoms with Crippen LogP contribution in [-0.4, -0.2) is 70.6 Å². The fraction of sp³-hybridized carbons (Fsp3) is 0.650. The lowest BCUT2D eigenvalue weighted by Gasteiger charge is -2.20. The van der Waals surface area contributed by atoms with Gasteiger partial charge in [-0.1, -0.05) is 12.1 Å². The summed E-state index contributed by atoms with van der Waals surface area (Å²) in [6.45, 7) is 4.32. The van der Waals surface area contributed by atoms with Gasteiger partial charge in [0, 0.05) is 44.8 Å². The van der Waals surface area contributed by atoms with Gasteiger partial charge in [0.25, 0.3) is 0 Å². The van der Waals surface area contributed by atoms with Crippen molar-refractivity contribution in [2.75, 3.05) is 53.6 Å². The maximum atomic E-state index is 12.4. The largest absolute Gasteiger partial charge is 0.493 e. The van der Waals surface area contributed by atoms with Gasteiger partial charge in [-0.2, -0.15) is 13.2 Å². The lowest BCUT2D eigenvalue weighted by atomic mass is 10.1. The number of rotatable bonds is 9. The number of hydrogen-bond donors (Lipinski definition) is 2. The molecule has 1 aromatic carbocycles. The van der Waals surface area contributed by atoms with Crippen molar-refractivity contribution < 1.29 is 22.6 Å². The number of likely N-dealkylation sites (N-methyl/N-ethyl adjacent to an activating group) is 1. The first-order valence-corrected chi connectivity index (χ1v) is 9.76. The van der Waals surface area contributed by atoms with E-state index < -0.39 is 12.7 Å². The van der Waals surface area contributed by atoms with E-state index >= 15 is 0 Å². The van der Waals surface area contributed by atoms with Gasteiger partial charge in [-0.05, 0) is 32.0 Å². The van der Waals surface area contributed by atoms with Crippen LogP contribution >= 0.6 is 0 Å². The minimum atomic E-state index is -4.19. The van der Waals surface area contributed by atoms with E-state index in [-0.39, 0.29) is 6.54 Å². The predicted molar refractivity (Wildman–Crippen MR) is 107 cm³/mol. The second-order valence-corrected chi connectivity index (χ2v) is 7.36. The predicted octanol–water partition coefficient (Wildman–Crippen LogP) is 2.57. The Balaban J connectivity index is 1.82. The van der Waals surface area contributed by atoms with Crippen molar-refractivity contribution in [2.45, 2.75) is 26.1 Å². The molecule has 0 radical (unpaired) electrons. The Labute approximate surface area is 170 Å². The molecule has 29 heavy (non-hydrogen) atoms. The molecule has 1 aliphatic heterocycles. The van der Waals surface area contributed by atoms with Gasteiger partial charge in [0.1, 0.15) is 5.75 Å². The van der Waals surface area contributed by atoms with E-state index in [0.717, 1.165) is 36.5 Å². The molecular formula is C20H31F3N4O2. The van der Waals surface area contributed by atoms with Gasteiger partial charge in [0.05, 0.1) is 19.8 Å². The Morgan fingerprint density at radius 3 is 2.79 bits per heavy atom. The molecule has 0 spiro atoms.